The molecule has 3 N–H and O–H groups in total. The van der Waals surface area contributed by atoms with Gasteiger partial charge in [-0.1, -0.05) is 13.8 Å². The van der Waals surface area contributed by atoms with E-state index < -0.39 is 30.8 Å². The van der Waals surface area contributed by atoms with Crippen LogP contribution in [-0.4, -0.2) is 49.1 Å². The molecule has 2 amide bonds. The first-order valence-corrected chi connectivity index (χ1v) is 5.55. The normalized spacial score (nSPS) is 13.2. The summed E-state index contributed by atoms with van der Waals surface area (Å²) in [7, 11) is 0. The van der Waals surface area contributed by atoms with Crippen molar-refractivity contribution in [3.05, 3.63) is 0 Å². The molecule has 0 aromatic rings. The Morgan fingerprint density at radius 1 is 1.32 bits per heavy atom. The standard InChI is InChI=1S/C10H17F3N2O4/c1-6(2)7(8(16)17)15-9(18)14-3-4-19-5-10(11,12)13/h6-7H,3-5H2,1-2H3,(H,16,17)(H2,14,15,18)/t7-/m0/s1. The Labute approximate surface area is 108 Å². The van der Waals surface area contributed by atoms with Crippen molar-refractivity contribution in [2.45, 2.75) is 26.1 Å². The van der Waals surface area contributed by atoms with E-state index in [-0.39, 0.29) is 19.1 Å². The maximum absolute atomic E-state index is 11.7. The molecule has 112 valence electrons. The number of urea groups is 1. The molecule has 0 radical (unpaired) electrons. The van der Waals surface area contributed by atoms with Gasteiger partial charge >= 0.3 is 18.2 Å². The van der Waals surface area contributed by atoms with Crippen LogP contribution in [0.2, 0.25) is 0 Å². The number of hydrogen-bond acceptors (Lipinski definition) is 3. The number of carbonyl (C=O) groups excluding carboxylic acids is 1. The topological polar surface area (TPSA) is 87.7 Å². The van der Waals surface area contributed by atoms with Crippen molar-refractivity contribution in [2.24, 2.45) is 5.92 Å². The van der Waals surface area contributed by atoms with Crippen molar-refractivity contribution in [1.82, 2.24) is 10.6 Å². The van der Waals surface area contributed by atoms with E-state index in [1.807, 2.05) is 0 Å². The van der Waals surface area contributed by atoms with E-state index >= 15 is 0 Å². The lowest BCUT2D eigenvalue weighted by Crippen LogP contribution is -2.49. The SMILES string of the molecule is CC(C)[C@H](NC(=O)NCCOCC(F)(F)F)C(=O)O. The van der Waals surface area contributed by atoms with Crippen LogP contribution in [0.25, 0.3) is 0 Å². The molecule has 0 spiro atoms. The van der Waals surface area contributed by atoms with Crippen LogP contribution in [0, 0.1) is 5.92 Å². The molecule has 0 aliphatic carbocycles. The number of hydrogen-bond donors (Lipinski definition) is 3. The number of carboxylic acid groups (broad SMARTS) is 1. The van der Waals surface area contributed by atoms with E-state index in [0.717, 1.165) is 0 Å². The maximum Gasteiger partial charge on any atom is 0.411 e. The summed E-state index contributed by atoms with van der Waals surface area (Å²) in [5, 5.41) is 13.2. The van der Waals surface area contributed by atoms with Gasteiger partial charge in [-0.3, -0.25) is 0 Å². The number of alkyl halides is 3. The zero-order valence-electron chi connectivity index (χ0n) is 10.6. The number of ether oxygens (including phenoxy) is 1. The molecule has 0 rings (SSSR count). The fourth-order valence-corrected chi connectivity index (χ4v) is 1.13. The van der Waals surface area contributed by atoms with Crippen molar-refractivity contribution in [2.75, 3.05) is 19.8 Å². The molecule has 0 heterocycles. The second kappa shape index (κ2) is 7.82. The first kappa shape index (κ1) is 17.5. The molecule has 0 saturated heterocycles. The van der Waals surface area contributed by atoms with Crippen molar-refractivity contribution in [1.29, 1.82) is 0 Å². The van der Waals surface area contributed by atoms with E-state index in [4.69, 9.17) is 5.11 Å². The first-order valence-electron chi connectivity index (χ1n) is 5.55. The van der Waals surface area contributed by atoms with Crippen molar-refractivity contribution < 1.29 is 32.6 Å². The molecule has 0 saturated carbocycles. The third-order valence-electron chi connectivity index (χ3n) is 2.02. The number of rotatable bonds is 7. The number of carboxylic acids is 1. The molecule has 0 aromatic carbocycles. The summed E-state index contributed by atoms with van der Waals surface area (Å²) in [6.45, 7) is 1.38. The highest BCUT2D eigenvalue weighted by molar-refractivity contribution is 5.82. The minimum atomic E-state index is -4.41. The largest absolute Gasteiger partial charge is 0.480 e. The lowest BCUT2D eigenvalue weighted by molar-refractivity contribution is -0.173. The summed E-state index contributed by atoms with van der Waals surface area (Å²) < 4.78 is 39.4. The summed E-state index contributed by atoms with van der Waals surface area (Å²) in [4.78, 5) is 22.0. The predicted molar refractivity (Wildman–Crippen MR) is 59.7 cm³/mol. The summed E-state index contributed by atoms with van der Waals surface area (Å²) in [6.07, 6.45) is -4.41. The molecule has 0 aliphatic rings. The fourth-order valence-electron chi connectivity index (χ4n) is 1.13. The molecule has 0 unspecified atom stereocenters. The van der Waals surface area contributed by atoms with Crippen LogP contribution in [0.15, 0.2) is 0 Å². The van der Waals surface area contributed by atoms with Gasteiger partial charge in [-0.2, -0.15) is 13.2 Å². The van der Waals surface area contributed by atoms with Gasteiger partial charge in [0, 0.05) is 6.54 Å². The number of amides is 2. The van der Waals surface area contributed by atoms with E-state index in [1.165, 1.54) is 0 Å². The Kier molecular flexibility index (Phi) is 7.20. The molecule has 0 aliphatic heterocycles. The lowest BCUT2D eigenvalue weighted by atomic mass is 10.1. The summed E-state index contributed by atoms with van der Waals surface area (Å²) in [5.74, 6) is -1.50. The Balaban J connectivity index is 3.84. The van der Waals surface area contributed by atoms with E-state index in [2.05, 4.69) is 15.4 Å². The van der Waals surface area contributed by atoms with Crippen molar-refractivity contribution >= 4 is 12.0 Å². The molecule has 6 nitrogen and oxygen atoms in total. The first-order chi connectivity index (χ1) is 8.63. The second-order valence-electron chi connectivity index (χ2n) is 4.13. The highest BCUT2D eigenvalue weighted by Crippen LogP contribution is 2.13. The number of carbonyl (C=O) groups is 2. The van der Waals surface area contributed by atoms with Gasteiger partial charge in [0.15, 0.2) is 0 Å². The van der Waals surface area contributed by atoms with Crippen molar-refractivity contribution in [3.8, 4) is 0 Å². The van der Waals surface area contributed by atoms with E-state index in [1.54, 1.807) is 13.8 Å². The predicted octanol–water partition coefficient (Wildman–Crippen LogP) is 0.974. The van der Waals surface area contributed by atoms with Gasteiger partial charge in [-0.05, 0) is 5.92 Å². The third kappa shape index (κ3) is 9.11. The number of nitrogens with one attached hydrogen (secondary N) is 2. The van der Waals surface area contributed by atoms with Crippen LogP contribution in [0.4, 0.5) is 18.0 Å². The number of halogens is 3. The van der Waals surface area contributed by atoms with Gasteiger partial charge < -0.3 is 20.5 Å². The minimum Gasteiger partial charge on any atom is -0.480 e. The van der Waals surface area contributed by atoms with Crippen molar-refractivity contribution in [3.63, 3.8) is 0 Å². The molecule has 0 bridgehead atoms. The lowest BCUT2D eigenvalue weighted by Gasteiger charge is -2.18. The Hall–Kier alpha value is -1.51. The van der Waals surface area contributed by atoms with E-state index in [9.17, 15) is 22.8 Å². The average Bonchev–Trinajstić information content (AvgIpc) is 2.22. The molecule has 0 fully saturated rings. The van der Waals surface area contributed by atoms with Gasteiger partial charge in [0.1, 0.15) is 12.6 Å². The zero-order valence-corrected chi connectivity index (χ0v) is 10.6. The Morgan fingerprint density at radius 3 is 2.32 bits per heavy atom. The van der Waals surface area contributed by atoms with Crippen LogP contribution in [-0.2, 0) is 9.53 Å². The average molecular weight is 286 g/mol. The molecular formula is C10H17F3N2O4. The molecular weight excluding hydrogens is 269 g/mol. The highest BCUT2D eigenvalue weighted by Gasteiger charge is 2.27. The fraction of sp³-hybridized carbons (Fsp3) is 0.800. The zero-order chi connectivity index (χ0) is 15.1. The molecule has 0 aromatic heterocycles. The van der Waals surface area contributed by atoms with Crippen LogP contribution in [0.1, 0.15) is 13.8 Å². The second-order valence-corrected chi connectivity index (χ2v) is 4.13. The van der Waals surface area contributed by atoms with Crippen LogP contribution in [0.5, 0.6) is 0 Å². The minimum absolute atomic E-state index is 0.146. The van der Waals surface area contributed by atoms with Crippen LogP contribution in [0.3, 0.4) is 0 Å². The highest BCUT2D eigenvalue weighted by atomic mass is 19.4. The van der Waals surface area contributed by atoms with Gasteiger partial charge in [-0.25, -0.2) is 9.59 Å². The van der Waals surface area contributed by atoms with Gasteiger partial charge in [-0.15, -0.1) is 0 Å². The monoisotopic (exact) mass is 286 g/mol. The van der Waals surface area contributed by atoms with Gasteiger partial charge in [0.2, 0.25) is 0 Å². The quantitative estimate of drug-likeness (QED) is 0.609. The van der Waals surface area contributed by atoms with Gasteiger partial charge in [0.05, 0.1) is 6.61 Å². The smallest absolute Gasteiger partial charge is 0.411 e. The molecule has 9 heteroatoms. The molecule has 19 heavy (non-hydrogen) atoms. The van der Waals surface area contributed by atoms with Crippen LogP contribution >= 0.6 is 0 Å². The summed E-state index contributed by atoms with van der Waals surface area (Å²) >= 11 is 0. The van der Waals surface area contributed by atoms with Crippen LogP contribution < -0.4 is 10.6 Å². The Bertz CT molecular complexity index is 308. The third-order valence-corrected chi connectivity index (χ3v) is 2.02. The maximum atomic E-state index is 11.7. The Morgan fingerprint density at radius 2 is 1.89 bits per heavy atom. The summed E-state index contributed by atoms with van der Waals surface area (Å²) in [5.41, 5.74) is 0. The summed E-state index contributed by atoms with van der Waals surface area (Å²) in [6, 6.07) is -1.83. The van der Waals surface area contributed by atoms with E-state index in [0.29, 0.717) is 0 Å². The van der Waals surface area contributed by atoms with Gasteiger partial charge in [0.25, 0.3) is 0 Å². The number of aliphatic carboxylic acids is 1. The molecule has 1 atom stereocenters.